The molecule has 0 bridgehead atoms. The van der Waals surface area contributed by atoms with Crippen LogP contribution in [0.5, 0.6) is 23.0 Å². The van der Waals surface area contributed by atoms with Gasteiger partial charge in [0.2, 0.25) is 17.6 Å². The number of anilines is 1. The summed E-state index contributed by atoms with van der Waals surface area (Å²) in [6.07, 6.45) is 0. The molecule has 0 saturated carbocycles. The zero-order chi connectivity index (χ0) is 23.7. The van der Waals surface area contributed by atoms with Crippen LogP contribution >= 0.6 is 0 Å². The van der Waals surface area contributed by atoms with E-state index in [1.54, 1.807) is 30.8 Å². The number of primary amides is 1. The Morgan fingerprint density at radius 3 is 2.21 bits per heavy atom. The van der Waals surface area contributed by atoms with Crippen molar-refractivity contribution in [3.05, 3.63) is 53.2 Å². The summed E-state index contributed by atoms with van der Waals surface area (Å²) in [4.78, 5) is 17.2. The number of aromatic nitrogens is 3. The molecule has 3 N–H and O–H groups in total. The van der Waals surface area contributed by atoms with Crippen molar-refractivity contribution in [2.75, 3.05) is 33.8 Å². The van der Waals surface area contributed by atoms with Crippen LogP contribution in [0.15, 0.2) is 47.7 Å². The van der Waals surface area contributed by atoms with Crippen LogP contribution in [0.4, 0.5) is 5.95 Å². The normalized spacial score (nSPS) is 14.9. The molecule has 3 aromatic rings. The Morgan fingerprint density at radius 1 is 1.00 bits per heavy atom. The van der Waals surface area contributed by atoms with Gasteiger partial charge in [-0.05, 0) is 36.8 Å². The number of rotatable bonds is 7. The molecule has 2 heterocycles. The van der Waals surface area contributed by atoms with E-state index in [-0.39, 0.29) is 0 Å². The summed E-state index contributed by atoms with van der Waals surface area (Å²) in [6.45, 7) is 1.77. The topological polar surface area (TPSA) is 123 Å². The lowest BCUT2D eigenvalue weighted by atomic mass is 9.94. The molecule has 1 atom stereocenters. The van der Waals surface area contributed by atoms with Gasteiger partial charge in [0, 0.05) is 5.70 Å². The van der Waals surface area contributed by atoms with Gasteiger partial charge in [-0.1, -0.05) is 12.1 Å². The Hall–Kier alpha value is -4.21. The van der Waals surface area contributed by atoms with E-state index in [1.165, 1.54) is 21.3 Å². The van der Waals surface area contributed by atoms with E-state index < -0.39 is 11.9 Å². The Labute approximate surface area is 190 Å². The highest BCUT2D eigenvalue weighted by Crippen LogP contribution is 2.44. The van der Waals surface area contributed by atoms with Gasteiger partial charge < -0.3 is 30.0 Å². The molecule has 0 spiro atoms. The minimum atomic E-state index is -0.677. The van der Waals surface area contributed by atoms with Gasteiger partial charge in [0.1, 0.15) is 11.8 Å². The second-order valence-corrected chi connectivity index (χ2v) is 7.29. The summed E-state index contributed by atoms with van der Waals surface area (Å²) >= 11 is 0. The van der Waals surface area contributed by atoms with Crippen LogP contribution in [0.2, 0.25) is 0 Å². The van der Waals surface area contributed by atoms with Gasteiger partial charge in [0.25, 0.3) is 0 Å². The van der Waals surface area contributed by atoms with Crippen LogP contribution in [0.25, 0.3) is 11.4 Å². The predicted octanol–water partition coefficient (Wildman–Crippen LogP) is 2.75. The summed E-state index contributed by atoms with van der Waals surface area (Å²) in [6, 6.07) is 10.3. The number of nitrogens with two attached hydrogens (primary N) is 1. The van der Waals surface area contributed by atoms with Crippen LogP contribution in [-0.2, 0) is 4.79 Å². The molecule has 4 rings (SSSR count). The Kier molecular flexibility index (Phi) is 5.82. The van der Waals surface area contributed by atoms with Crippen molar-refractivity contribution in [2.45, 2.75) is 13.0 Å². The molecule has 0 radical (unpaired) electrons. The zero-order valence-corrected chi connectivity index (χ0v) is 19.0. The van der Waals surface area contributed by atoms with E-state index in [9.17, 15) is 4.79 Å². The highest BCUT2D eigenvalue weighted by molar-refractivity contribution is 5.95. The van der Waals surface area contributed by atoms with Gasteiger partial charge in [-0.3, -0.25) is 4.79 Å². The van der Waals surface area contributed by atoms with E-state index in [0.717, 1.165) is 0 Å². The minimum Gasteiger partial charge on any atom is -0.496 e. The predicted molar refractivity (Wildman–Crippen MR) is 122 cm³/mol. The Morgan fingerprint density at radius 2 is 1.64 bits per heavy atom. The SMILES string of the molecule is COc1ccccc1-c1nc2n(n1)C(c1cc(OC)c(OC)c(OC)c1)C(C(N)=O)=C(C)N2. The first-order valence-corrected chi connectivity index (χ1v) is 10.1. The second kappa shape index (κ2) is 8.73. The van der Waals surface area contributed by atoms with Crippen molar-refractivity contribution in [1.29, 1.82) is 0 Å². The van der Waals surface area contributed by atoms with Crippen LogP contribution in [0.3, 0.4) is 0 Å². The maximum atomic E-state index is 12.5. The number of hydrogen-bond acceptors (Lipinski definition) is 8. The number of ether oxygens (including phenoxy) is 4. The summed E-state index contributed by atoms with van der Waals surface area (Å²) in [5, 5.41) is 7.85. The number of fused-ring (bicyclic) bond motifs is 1. The molecule has 1 amide bonds. The number of hydrogen-bond donors (Lipinski definition) is 2. The monoisotopic (exact) mass is 451 g/mol. The van der Waals surface area contributed by atoms with Gasteiger partial charge in [-0.15, -0.1) is 5.10 Å². The standard InChI is InChI=1S/C23H25N5O5/c1-12-18(21(24)29)19(13-10-16(31-3)20(33-5)17(11-13)32-4)28-23(25-12)26-22(27-28)14-8-6-7-9-15(14)30-2/h6-11,19H,1-5H3,(H2,24,29)(H,25,26,27). The van der Waals surface area contributed by atoms with Crippen LogP contribution in [0.1, 0.15) is 18.5 Å². The number of benzene rings is 2. The second-order valence-electron chi connectivity index (χ2n) is 7.29. The average Bonchev–Trinajstić information content (AvgIpc) is 3.25. The molecule has 10 heteroatoms. The highest BCUT2D eigenvalue weighted by Gasteiger charge is 2.35. The fourth-order valence-corrected chi connectivity index (χ4v) is 3.98. The molecule has 0 saturated heterocycles. The van der Waals surface area contributed by atoms with E-state index in [2.05, 4.69) is 10.3 Å². The van der Waals surface area contributed by atoms with Crippen molar-refractivity contribution < 1.29 is 23.7 Å². The van der Waals surface area contributed by atoms with Crippen molar-refractivity contribution in [3.63, 3.8) is 0 Å². The van der Waals surface area contributed by atoms with Gasteiger partial charge in [0.15, 0.2) is 17.3 Å². The molecule has 2 aromatic carbocycles. The summed E-state index contributed by atoms with van der Waals surface area (Å²) in [7, 11) is 6.17. The number of allylic oxidation sites excluding steroid dienone is 1. The number of amides is 1. The summed E-state index contributed by atoms with van der Waals surface area (Å²) in [5.74, 6) is 2.26. The smallest absolute Gasteiger partial charge is 0.248 e. The third-order valence-corrected chi connectivity index (χ3v) is 5.47. The van der Waals surface area contributed by atoms with E-state index >= 15 is 0 Å². The quantitative estimate of drug-likeness (QED) is 0.562. The van der Waals surface area contributed by atoms with Crippen molar-refractivity contribution >= 4 is 11.9 Å². The number of carbonyl (C=O) groups excluding carboxylic acids is 1. The van der Waals surface area contributed by atoms with Gasteiger partial charge in [-0.25, -0.2) is 4.68 Å². The Balaban J connectivity index is 1.94. The fourth-order valence-electron chi connectivity index (χ4n) is 3.98. The van der Waals surface area contributed by atoms with Crippen molar-refractivity contribution in [2.24, 2.45) is 5.73 Å². The minimum absolute atomic E-state index is 0.341. The molecule has 33 heavy (non-hydrogen) atoms. The van der Waals surface area contributed by atoms with E-state index in [0.29, 0.717) is 57.2 Å². The summed E-state index contributed by atoms with van der Waals surface area (Å²) < 4.78 is 23.5. The first kappa shape index (κ1) is 22.0. The molecule has 1 unspecified atom stereocenters. The molecule has 172 valence electrons. The van der Waals surface area contributed by atoms with Crippen molar-refractivity contribution in [1.82, 2.24) is 14.8 Å². The number of methoxy groups -OCH3 is 4. The first-order valence-electron chi connectivity index (χ1n) is 10.1. The number of nitrogens with one attached hydrogen (secondary N) is 1. The Bertz CT molecular complexity index is 1220. The number of para-hydroxylation sites is 1. The highest BCUT2D eigenvalue weighted by atomic mass is 16.5. The molecule has 0 aliphatic carbocycles. The largest absolute Gasteiger partial charge is 0.496 e. The molecular formula is C23H25N5O5. The summed E-state index contributed by atoms with van der Waals surface area (Å²) in [5.41, 5.74) is 8.09. The maximum absolute atomic E-state index is 12.5. The van der Waals surface area contributed by atoms with E-state index in [1.807, 2.05) is 24.3 Å². The molecule has 0 fully saturated rings. The molecule has 10 nitrogen and oxygen atoms in total. The first-order chi connectivity index (χ1) is 15.9. The third kappa shape index (κ3) is 3.69. The zero-order valence-electron chi connectivity index (χ0n) is 19.0. The lowest BCUT2D eigenvalue weighted by Gasteiger charge is -2.28. The van der Waals surface area contributed by atoms with Crippen LogP contribution < -0.4 is 30.0 Å². The average molecular weight is 451 g/mol. The van der Waals surface area contributed by atoms with E-state index in [4.69, 9.17) is 29.8 Å². The third-order valence-electron chi connectivity index (χ3n) is 5.47. The van der Waals surface area contributed by atoms with Crippen LogP contribution in [-0.4, -0.2) is 49.1 Å². The van der Waals surface area contributed by atoms with Crippen molar-refractivity contribution in [3.8, 4) is 34.4 Å². The maximum Gasteiger partial charge on any atom is 0.248 e. The number of carbonyl (C=O) groups is 1. The van der Waals surface area contributed by atoms with Gasteiger partial charge in [0.05, 0.1) is 39.6 Å². The lowest BCUT2D eigenvalue weighted by molar-refractivity contribution is -0.115. The lowest BCUT2D eigenvalue weighted by Crippen LogP contribution is -2.31. The van der Waals surface area contributed by atoms with Gasteiger partial charge >= 0.3 is 0 Å². The molecule has 1 aliphatic heterocycles. The molecule has 1 aliphatic rings. The fraction of sp³-hybridized carbons (Fsp3) is 0.261. The van der Waals surface area contributed by atoms with Gasteiger partial charge in [-0.2, -0.15) is 4.98 Å². The molecular weight excluding hydrogens is 426 g/mol. The number of nitrogens with zero attached hydrogens (tertiary/aromatic N) is 3. The van der Waals surface area contributed by atoms with Crippen LogP contribution in [0, 0.1) is 0 Å². The molecule has 1 aromatic heterocycles.